The number of Topliss-reactive ketones (excluding diaryl/α,β-unsaturated/α-hetero) is 2. The van der Waals surface area contributed by atoms with Crippen LogP contribution in [0.2, 0.25) is 5.02 Å². The van der Waals surface area contributed by atoms with Crippen molar-refractivity contribution in [2.75, 3.05) is 6.54 Å². The average molecular weight is 874 g/mol. The van der Waals surface area contributed by atoms with Gasteiger partial charge in [0.25, 0.3) is 0 Å². The Labute approximate surface area is 344 Å². The van der Waals surface area contributed by atoms with Crippen molar-refractivity contribution in [3.63, 3.8) is 0 Å². The van der Waals surface area contributed by atoms with Crippen LogP contribution in [0, 0.1) is 34.5 Å². The molecule has 0 bridgehead atoms. The molecule has 0 spiro atoms. The predicted molar refractivity (Wildman–Crippen MR) is 207 cm³/mol. The van der Waals surface area contributed by atoms with Gasteiger partial charge < -0.3 is 14.4 Å². The summed E-state index contributed by atoms with van der Waals surface area (Å²) in [4.78, 5) is 62.2. The highest BCUT2D eigenvalue weighted by Gasteiger charge is 2.62. The number of nitrogens with zero attached hydrogens (tertiary/aromatic N) is 2. The van der Waals surface area contributed by atoms with E-state index >= 15 is 0 Å². The van der Waals surface area contributed by atoms with E-state index in [2.05, 4.69) is 14.4 Å². The maximum Gasteiger partial charge on any atom is 0.394 e. The maximum atomic E-state index is 14.9. The summed E-state index contributed by atoms with van der Waals surface area (Å²) in [5.74, 6) is -5.28. The number of rotatable bonds is 11. The number of hydrogen-bond donors (Lipinski definition) is 1. The first kappa shape index (κ1) is 44.7. The fourth-order valence-electron chi connectivity index (χ4n) is 8.54. The number of sulfonamides is 1. The van der Waals surface area contributed by atoms with Crippen molar-refractivity contribution in [1.29, 1.82) is 0 Å². The van der Waals surface area contributed by atoms with Gasteiger partial charge >= 0.3 is 12.8 Å². The number of fused-ring (bicyclic) bond motifs is 3. The first-order valence-electron chi connectivity index (χ1n) is 19.9. The second-order valence-electron chi connectivity index (χ2n) is 17.5. The SMILES string of the molecule is C[C@@H]1CC/C=C\[C@@H]2C[C@@]2(C(=O)NS(=O)(=O)C2CC2)CC(=O)[C@@H]2C[C@@H](Oc3ncc(OC(F)F)c4c(Cl)cccc34)CN2C(=O)[C@@H](CC(=O)CC(C)(C)C(F)(F)F)[C@H](C)C1. The molecule has 2 aliphatic carbocycles. The topological polar surface area (TPSA) is 149 Å². The minimum Gasteiger partial charge on any atom is -0.472 e. The van der Waals surface area contributed by atoms with E-state index in [1.807, 2.05) is 19.1 Å². The summed E-state index contributed by atoms with van der Waals surface area (Å²) >= 11 is 6.39. The minimum atomic E-state index is -4.69. The van der Waals surface area contributed by atoms with Crippen LogP contribution in [0.15, 0.2) is 36.5 Å². The van der Waals surface area contributed by atoms with Crippen molar-refractivity contribution < 1.29 is 59.0 Å². The minimum absolute atomic E-state index is 0.00281. The van der Waals surface area contributed by atoms with Gasteiger partial charge in [-0.2, -0.15) is 22.0 Å². The third-order valence-electron chi connectivity index (χ3n) is 12.3. The van der Waals surface area contributed by atoms with Crippen LogP contribution in [-0.2, 0) is 29.2 Å². The summed E-state index contributed by atoms with van der Waals surface area (Å²) in [6.45, 7) is 2.13. The Morgan fingerprint density at radius 3 is 2.47 bits per heavy atom. The average Bonchev–Trinajstić information content (AvgIpc) is 4.05. The van der Waals surface area contributed by atoms with Crippen molar-refractivity contribution in [2.45, 2.75) is 122 Å². The third kappa shape index (κ3) is 9.87. The number of carbonyl (C=O) groups is 4. The lowest BCUT2D eigenvalue weighted by molar-refractivity contribution is -0.213. The van der Waals surface area contributed by atoms with E-state index in [1.165, 1.54) is 23.1 Å². The number of carbonyl (C=O) groups excluding carboxylic acids is 4. The molecule has 4 aliphatic rings. The molecular weight excluding hydrogens is 825 g/mol. The number of allylic oxidation sites excluding steroid dienone is 2. The molecule has 2 aromatic rings. The van der Waals surface area contributed by atoms with Crippen molar-refractivity contribution in [3.05, 3.63) is 41.6 Å². The van der Waals surface area contributed by atoms with Crippen LogP contribution in [-0.4, -0.2) is 78.4 Å². The number of pyridine rings is 1. The van der Waals surface area contributed by atoms with Gasteiger partial charge in [-0.15, -0.1) is 0 Å². The van der Waals surface area contributed by atoms with Crippen LogP contribution in [0.5, 0.6) is 11.6 Å². The Morgan fingerprint density at radius 2 is 1.81 bits per heavy atom. The van der Waals surface area contributed by atoms with Gasteiger partial charge in [-0.1, -0.05) is 57.5 Å². The number of amides is 2. The van der Waals surface area contributed by atoms with Gasteiger partial charge in [0, 0.05) is 42.4 Å². The number of alkyl halides is 5. The van der Waals surface area contributed by atoms with E-state index in [4.69, 9.17) is 16.3 Å². The molecule has 11 nitrogen and oxygen atoms in total. The molecule has 18 heteroatoms. The number of aromatic nitrogens is 1. The number of ether oxygens (including phenoxy) is 2. The monoisotopic (exact) mass is 873 g/mol. The van der Waals surface area contributed by atoms with Crippen molar-refractivity contribution in [1.82, 2.24) is 14.6 Å². The molecular formula is C41H49ClF5N3O8S. The van der Waals surface area contributed by atoms with Gasteiger partial charge in [0.15, 0.2) is 11.5 Å². The van der Waals surface area contributed by atoms with Crippen molar-refractivity contribution >= 4 is 55.8 Å². The Balaban J connectivity index is 1.36. The lowest BCUT2D eigenvalue weighted by Crippen LogP contribution is -2.47. The lowest BCUT2D eigenvalue weighted by atomic mass is 9.78. The molecule has 6 rings (SSSR count). The smallest absolute Gasteiger partial charge is 0.394 e. The summed E-state index contributed by atoms with van der Waals surface area (Å²) in [6.07, 6.45) is -0.236. The van der Waals surface area contributed by atoms with Crippen LogP contribution in [0.3, 0.4) is 0 Å². The second-order valence-corrected chi connectivity index (χ2v) is 19.8. The first-order valence-corrected chi connectivity index (χ1v) is 21.8. The standard InChI is InChI=1S/C41H49ClF5N3O8S/c1-22-8-5-6-9-24-17-40(24,37(54)49-59(55,56)27-12-13-27)19-32(52)31-16-26(57-35-28-10-7-11-30(42)34(28)33(20-48-35)58-38(43)44)21-50(31)36(53)29(23(2)14-22)15-25(51)18-39(3,4)41(45,46)47/h6-7,9-11,20,22-24,26-27,29,31,38H,5,8,12-19,21H2,1-4H3,(H,49,54)/b9-6-/t22-,23-,24-,26-,29+,31+,40-/m1/s1. The Hall–Kier alpha value is -3.86. The number of halogens is 6. The Kier molecular flexibility index (Phi) is 12.8. The van der Waals surface area contributed by atoms with Gasteiger partial charge in [-0.25, -0.2) is 13.4 Å². The summed E-state index contributed by atoms with van der Waals surface area (Å²) in [5.41, 5.74) is -3.78. The summed E-state index contributed by atoms with van der Waals surface area (Å²) < 4.78 is 107. The molecule has 2 aliphatic heterocycles. The number of ketones is 2. The fraction of sp³-hybridized carbons (Fsp3) is 0.634. The van der Waals surface area contributed by atoms with E-state index in [1.54, 1.807) is 6.92 Å². The normalized spacial score (nSPS) is 29.0. The largest absolute Gasteiger partial charge is 0.472 e. The molecule has 3 fully saturated rings. The predicted octanol–water partition coefficient (Wildman–Crippen LogP) is 7.98. The molecule has 59 heavy (non-hydrogen) atoms. The zero-order valence-corrected chi connectivity index (χ0v) is 34.8. The molecule has 7 atom stereocenters. The van der Waals surface area contributed by atoms with Crippen LogP contribution in [0.4, 0.5) is 22.0 Å². The molecule has 2 saturated carbocycles. The first-order chi connectivity index (χ1) is 27.5. The molecule has 1 aromatic carbocycles. The van der Waals surface area contributed by atoms with E-state index in [0.717, 1.165) is 20.0 Å². The Morgan fingerprint density at radius 1 is 1.10 bits per heavy atom. The summed E-state index contributed by atoms with van der Waals surface area (Å²) in [5, 5.41) is -0.379. The number of benzene rings is 1. The molecule has 1 saturated heterocycles. The number of hydrogen-bond acceptors (Lipinski definition) is 9. The summed E-state index contributed by atoms with van der Waals surface area (Å²) in [6, 6.07) is 3.25. The second kappa shape index (κ2) is 16.9. The molecule has 1 aromatic heterocycles. The van der Waals surface area contributed by atoms with E-state index < -0.39 is 111 Å². The molecule has 324 valence electrons. The lowest BCUT2D eigenvalue weighted by Gasteiger charge is -2.33. The van der Waals surface area contributed by atoms with Crippen LogP contribution < -0.4 is 14.2 Å². The van der Waals surface area contributed by atoms with Gasteiger partial charge in [0.1, 0.15) is 11.9 Å². The summed E-state index contributed by atoms with van der Waals surface area (Å²) in [7, 11) is -3.97. The zero-order chi connectivity index (χ0) is 43.2. The fourth-order valence-corrected chi connectivity index (χ4v) is 10.2. The van der Waals surface area contributed by atoms with E-state index in [9.17, 15) is 49.5 Å². The third-order valence-corrected chi connectivity index (χ3v) is 14.4. The van der Waals surface area contributed by atoms with Gasteiger partial charge in [0.2, 0.25) is 27.7 Å². The van der Waals surface area contributed by atoms with Gasteiger partial charge in [-0.05, 0) is 68.4 Å². The van der Waals surface area contributed by atoms with Crippen LogP contribution in [0.1, 0.15) is 91.9 Å². The highest BCUT2D eigenvalue weighted by atomic mass is 35.5. The molecule has 2 amide bonds. The van der Waals surface area contributed by atoms with Gasteiger partial charge in [-0.3, -0.25) is 23.9 Å². The highest BCUT2D eigenvalue weighted by Crippen LogP contribution is 2.57. The molecule has 1 N–H and O–H groups in total. The number of nitrogens with one attached hydrogen (secondary N) is 1. The van der Waals surface area contributed by atoms with E-state index in [-0.39, 0.29) is 52.7 Å². The van der Waals surface area contributed by atoms with Gasteiger partial charge in [0.05, 0.1) is 39.9 Å². The van der Waals surface area contributed by atoms with Crippen molar-refractivity contribution in [2.24, 2.45) is 34.5 Å². The highest BCUT2D eigenvalue weighted by molar-refractivity contribution is 7.90. The van der Waals surface area contributed by atoms with E-state index in [0.29, 0.717) is 32.1 Å². The Bertz CT molecular complexity index is 2110. The van der Waals surface area contributed by atoms with Crippen molar-refractivity contribution in [3.8, 4) is 11.6 Å². The molecule has 0 unspecified atom stereocenters. The maximum absolute atomic E-state index is 14.9. The quantitative estimate of drug-likeness (QED) is 0.175. The van der Waals surface area contributed by atoms with Crippen LogP contribution in [0.25, 0.3) is 10.8 Å². The zero-order valence-electron chi connectivity index (χ0n) is 33.2. The molecule has 0 radical (unpaired) electrons. The van der Waals surface area contributed by atoms with Crippen LogP contribution >= 0.6 is 11.6 Å². The molecule has 3 heterocycles.